The Morgan fingerprint density at radius 2 is 2.00 bits per heavy atom. The number of likely N-dealkylation sites (tertiary alicyclic amines) is 1. The highest BCUT2D eigenvalue weighted by atomic mass is 16.5. The van der Waals surface area contributed by atoms with Crippen LogP contribution >= 0.6 is 0 Å². The summed E-state index contributed by atoms with van der Waals surface area (Å²) < 4.78 is 7.73. The predicted octanol–water partition coefficient (Wildman–Crippen LogP) is 3.31. The largest absolute Gasteiger partial charge is 0.377 e. The number of fused-ring (bicyclic) bond motifs is 1. The van der Waals surface area contributed by atoms with Gasteiger partial charge in [-0.05, 0) is 55.0 Å². The fourth-order valence-corrected chi connectivity index (χ4v) is 4.45. The summed E-state index contributed by atoms with van der Waals surface area (Å²) in [5.41, 5.74) is 4.98. The van der Waals surface area contributed by atoms with Crippen molar-refractivity contribution in [2.75, 3.05) is 31.6 Å². The lowest BCUT2D eigenvalue weighted by atomic mass is 9.96. The van der Waals surface area contributed by atoms with Gasteiger partial charge in [0.25, 0.3) is 0 Å². The van der Waals surface area contributed by atoms with Crippen molar-refractivity contribution < 1.29 is 9.84 Å². The van der Waals surface area contributed by atoms with Gasteiger partial charge in [-0.3, -0.25) is 4.90 Å². The maximum absolute atomic E-state index is 10.6. The maximum Gasteiger partial charge on any atom is 0.130 e. The highest BCUT2D eigenvalue weighted by Crippen LogP contribution is 2.29. The lowest BCUT2D eigenvalue weighted by Crippen LogP contribution is -2.56. The fourth-order valence-electron chi connectivity index (χ4n) is 4.45. The van der Waals surface area contributed by atoms with Gasteiger partial charge in [-0.15, -0.1) is 0 Å². The van der Waals surface area contributed by atoms with E-state index in [1.54, 1.807) is 0 Å². The third kappa shape index (κ3) is 3.60. The van der Waals surface area contributed by atoms with Crippen LogP contribution in [0.5, 0.6) is 0 Å². The zero-order chi connectivity index (χ0) is 20.8. The summed E-state index contributed by atoms with van der Waals surface area (Å²) in [4.78, 5) is 6.86. The third-order valence-corrected chi connectivity index (χ3v) is 6.79. The number of nitrogens with one attached hydrogen (secondary N) is 1. The van der Waals surface area contributed by atoms with Gasteiger partial charge in [-0.2, -0.15) is 0 Å². The van der Waals surface area contributed by atoms with Crippen LogP contribution in [0, 0.1) is 19.8 Å². The summed E-state index contributed by atoms with van der Waals surface area (Å²) >= 11 is 0. The van der Waals surface area contributed by atoms with Gasteiger partial charge in [-0.25, -0.2) is 4.98 Å². The van der Waals surface area contributed by atoms with Crippen molar-refractivity contribution >= 4 is 16.6 Å². The molecule has 0 radical (unpaired) electrons. The summed E-state index contributed by atoms with van der Waals surface area (Å²) in [5.74, 6) is 0.940. The van der Waals surface area contributed by atoms with E-state index >= 15 is 0 Å². The van der Waals surface area contributed by atoms with E-state index in [1.807, 2.05) is 12.3 Å². The predicted molar refractivity (Wildman–Crippen MR) is 120 cm³/mol. The van der Waals surface area contributed by atoms with Crippen LogP contribution in [-0.4, -0.2) is 58.1 Å². The molecule has 158 valence electrons. The van der Waals surface area contributed by atoms with Gasteiger partial charge in [-0.1, -0.05) is 12.1 Å². The second-order valence-corrected chi connectivity index (χ2v) is 8.84. The van der Waals surface area contributed by atoms with E-state index in [1.165, 1.54) is 22.5 Å². The number of aryl methyl sites for hydroxylation is 1. The summed E-state index contributed by atoms with van der Waals surface area (Å²) in [6, 6.07) is 10.7. The van der Waals surface area contributed by atoms with Crippen LogP contribution in [0.15, 0.2) is 36.5 Å². The Morgan fingerprint density at radius 3 is 2.67 bits per heavy atom. The molecule has 3 aromatic rings. The van der Waals surface area contributed by atoms with E-state index < -0.39 is 6.23 Å². The summed E-state index contributed by atoms with van der Waals surface area (Å²) in [7, 11) is 2.11. The number of rotatable bonds is 6. The molecule has 0 saturated carbocycles. The Bertz CT molecular complexity index is 1070. The van der Waals surface area contributed by atoms with Crippen LogP contribution in [0.25, 0.3) is 22.0 Å². The van der Waals surface area contributed by atoms with Crippen molar-refractivity contribution in [2.45, 2.75) is 32.6 Å². The molecule has 2 saturated heterocycles. The summed E-state index contributed by atoms with van der Waals surface area (Å²) in [6.07, 6.45) is 2.84. The number of nitrogens with zero attached hydrogens (tertiary/aromatic N) is 3. The molecule has 2 fully saturated rings. The minimum absolute atomic E-state index is 0.225. The molecule has 2 atom stereocenters. The van der Waals surface area contributed by atoms with Crippen LogP contribution in [0.2, 0.25) is 0 Å². The van der Waals surface area contributed by atoms with Gasteiger partial charge in [0, 0.05) is 62.2 Å². The Hall–Kier alpha value is -2.41. The number of pyridine rings is 1. The molecule has 5 rings (SSSR count). The summed E-state index contributed by atoms with van der Waals surface area (Å²) in [6.45, 7) is 7.97. The number of ether oxygens (including phenoxy) is 1. The monoisotopic (exact) mass is 406 g/mol. The maximum atomic E-state index is 10.6. The molecule has 0 aliphatic carbocycles. The van der Waals surface area contributed by atoms with Crippen molar-refractivity contribution in [1.29, 1.82) is 0 Å². The van der Waals surface area contributed by atoms with Gasteiger partial charge in [0.05, 0.1) is 6.10 Å². The van der Waals surface area contributed by atoms with Crippen LogP contribution in [0.3, 0.4) is 0 Å². The smallest absolute Gasteiger partial charge is 0.130 e. The first-order chi connectivity index (χ1) is 14.5. The van der Waals surface area contributed by atoms with Crippen molar-refractivity contribution in [1.82, 2.24) is 14.5 Å². The van der Waals surface area contributed by atoms with Gasteiger partial charge in [0.1, 0.15) is 12.0 Å². The molecule has 0 spiro atoms. The van der Waals surface area contributed by atoms with E-state index in [0.29, 0.717) is 11.9 Å². The number of hydrogen-bond donors (Lipinski definition) is 2. The van der Waals surface area contributed by atoms with Crippen LogP contribution in [0.4, 0.5) is 5.82 Å². The van der Waals surface area contributed by atoms with E-state index in [-0.39, 0.29) is 5.92 Å². The molecule has 2 aliphatic heterocycles. The standard InChI is InChI=1S/C24H30N4O2/c1-15-8-22(27(3)16(15)2)17-4-5-18-11-25-23(10-19(18)9-17)26-24(29)20-12-28(13-20)14-21-6-7-30-21/h4-5,8-11,20-21,24,29H,6-7,12-14H2,1-3H3,(H,25,26). The average molecular weight is 407 g/mol. The number of aromatic nitrogens is 2. The molecule has 2 unspecified atom stereocenters. The molecule has 30 heavy (non-hydrogen) atoms. The molecule has 6 heteroatoms. The van der Waals surface area contributed by atoms with Gasteiger partial charge in [0.2, 0.25) is 0 Å². The molecule has 2 aliphatic rings. The third-order valence-electron chi connectivity index (χ3n) is 6.79. The highest BCUT2D eigenvalue weighted by Gasteiger charge is 2.35. The molecule has 2 aromatic heterocycles. The molecule has 0 amide bonds. The zero-order valence-electron chi connectivity index (χ0n) is 17.9. The molecule has 6 nitrogen and oxygen atoms in total. The molecular weight excluding hydrogens is 376 g/mol. The normalized spacial score (nSPS) is 20.7. The lowest BCUT2D eigenvalue weighted by molar-refractivity contribution is -0.0911. The summed E-state index contributed by atoms with van der Waals surface area (Å²) in [5, 5.41) is 16.0. The number of hydrogen-bond acceptors (Lipinski definition) is 5. The van der Waals surface area contributed by atoms with Crippen LogP contribution in [-0.2, 0) is 11.8 Å². The number of aliphatic hydroxyl groups is 1. The molecular formula is C24H30N4O2. The average Bonchev–Trinajstić information content (AvgIpc) is 2.92. The number of anilines is 1. The zero-order valence-corrected chi connectivity index (χ0v) is 17.9. The fraction of sp³-hybridized carbons (Fsp3) is 0.458. The first-order valence-electron chi connectivity index (χ1n) is 10.8. The van der Waals surface area contributed by atoms with E-state index in [0.717, 1.165) is 43.4 Å². The topological polar surface area (TPSA) is 62.6 Å². The molecule has 4 heterocycles. The van der Waals surface area contributed by atoms with E-state index in [2.05, 4.69) is 64.9 Å². The molecule has 1 aromatic carbocycles. The highest BCUT2D eigenvalue weighted by molar-refractivity contribution is 5.88. The van der Waals surface area contributed by atoms with Gasteiger partial charge in [0.15, 0.2) is 0 Å². The van der Waals surface area contributed by atoms with Crippen molar-refractivity contribution in [3.8, 4) is 11.3 Å². The quantitative estimate of drug-likeness (QED) is 0.615. The Kier molecular flexibility index (Phi) is 5.01. The first kappa shape index (κ1) is 19.5. The van der Waals surface area contributed by atoms with Crippen molar-refractivity contribution in [3.63, 3.8) is 0 Å². The van der Waals surface area contributed by atoms with Crippen LogP contribution < -0.4 is 5.32 Å². The van der Waals surface area contributed by atoms with Gasteiger partial charge >= 0.3 is 0 Å². The van der Waals surface area contributed by atoms with Crippen LogP contribution in [0.1, 0.15) is 17.7 Å². The Morgan fingerprint density at radius 1 is 1.20 bits per heavy atom. The second-order valence-electron chi connectivity index (χ2n) is 8.84. The van der Waals surface area contributed by atoms with Crippen molar-refractivity contribution in [2.24, 2.45) is 13.0 Å². The lowest BCUT2D eigenvalue weighted by Gasteiger charge is -2.44. The van der Waals surface area contributed by atoms with Crippen molar-refractivity contribution in [3.05, 3.63) is 47.8 Å². The second kappa shape index (κ2) is 7.69. The Labute approximate surface area is 177 Å². The molecule has 0 bridgehead atoms. The molecule has 2 N–H and O–H groups in total. The Balaban J connectivity index is 1.28. The first-order valence-corrected chi connectivity index (χ1v) is 10.8. The van der Waals surface area contributed by atoms with E-state index in [4.69, 9.17) is 4.74 Å². The number of benzene rings is 1. The number of aliphatic hydroxyl groups excluding tert-OH is 1. The minimum atomic E-state index is -0.588. The SMILES string of the molecule is Cc1cc(-c2ccc3cnc(NC(O)C4CN(CC5CCO5)C4)cc3c2)n(C)c1C. The minimum Gasteiger partial charge on any atom is -0.377 e. The van der Waals surface area contributed by atoms with E-state index in [9.17, 15) is 5.11 Å². The van der Waals surface area contributed by atoms with Gasteiger partial charge < -0.3 is 19.7 Å².